The molecule has 0 saturated carbocycles. The van der Waals surface area contributed by atoms with Crippen molar-refractivity contribution in [2.24, 2.45) is 0 Å². The molecule has 0 amide bonds. The third kappa shape index (κ3) is 3.06. The van der Waals surface area contributed by atoms with Crippen LogP contribution in [0.15, 0.2) is 54.6 Å². The summed E-state index contributed by atoms with van der Waals surface area (Å²) in [5.41, 5.74) is 0.840. The van der Waals surface area contributed by atoms with Gasteiger partial charge in [0.25, 0.3) is 0 Å². The highest BCUT2D eigenvalue weighted by atomic mass is 79.9. The van der Waals surface area contributed by atoms with Crippen molar-refractivity contribution in [2.45, 2.75) is 15.3 Å². The molecule has 118 valence electrons. The van der Waals surface area contributed by atoms with Gasteiger partial charge in [0.05, 0.1) is 0 Å². The van der Waals surface area contributed by atoms with Gasteiger partial charge in [-0.05, 0) is 32.6 Å². The summed E-state index contributed by atoms with van der Waals surface area (Å²) in [6, 6.07) is 13.8. The van der Waals surface area contributed by atoms with E-state index in [1.54, 1.807) is 30.3 Å². The van der Waals surface area contributed by atoms with Gasteiger partial charge in [-0.15, -0.1) is 0 Å². The van der Waals surface area contributed by atoms with Crippen LogP contribution in [0.25, 0.3) is 11.1 Å². The van der Waals surface area contributed by atoms with Gasteiger partial charge < -0.3 is 0 Å². The number of halogens is 7. The van der Waals surface area contributed by atoms with Crippen LogP contribution >= 0.6 is 31.9 Å². The zero-order chi connectivity index (χ0) is 16.6. The number of alkyl halides is 7. The maximum Gasteiger partial charge on any atom is 0.414 e. The zero-order valence-corrected chi connectivity index (χ0v) is 14.0. The molecule has 22 heavy (non-hydrogen) atoms. The molecule has 0 heterocycles. The van der Waals surface area contributed by atoms with E-state index in [0.717, 1.165) is 17.7 Å². The highest BCUT2D eigenvalue weighted by molar-refractivity contribution is 9.12. The molecule has 0 radical (unpaired) electrons. The first-order valence-electron chi connectivity index (χ1n) is 6.05. The van der Waals surface area contributed by atoms with E-state index < -0.39 is 20.9 Å². The Kier molecular flexibility index (Phi) is 4.69. The van der Waals surface area contributed by atoms with Crippen molar-refractivity contribution in [2.75, 3.05) is 0 Å². The van der Waals surface area contributed by atoms with Crippen molar-refractivity contribution in [1.82, 2.24) is 0 Å². The van der Waals surface area contributed by atoms with Crippen LogP contribution in [0.4, 0.5) is 22.0 Å². The predicted octanol–water partition coefficient (Wildman–Crippen LogP) is 6.49. The summed E-state index contributed by atoms with van der Waals surface area (Å²) in [7, 11) is 0. The summed E-state index contributed by atoms with van der Waals surface area (Å²) < 4.78 is 63.0. The molecule has 0 N–H and O–H groups in total. The first-order valence-corrected chi connectivity index (χ1v) is 7.64. The second-order valence-electron chi connectivity index (χ2n) is 4.60. The largest absolute Gasteiger partial charge is 0.414 e. The average molecular weight is 444 g/mol. The molecule has 0 aliphatic rings. The van der Waals surface area contributed by atoms with Gasteiger partial charge in [0.1, 0.15) is 0 Å². The van der Waals surface area contributed by atoms with Gasteiger partial charge in [0.2, 0.25) is 4.32 Å². The third-order valence-corrected chi connectivity index (χ3v) is 5.70. The van der Waals surface area contributed by atoms with E-state index in [0.29, 0.717) is 5.56 Å². The lowest BCUT2D eigenvalue weighted by Gasteiger charge is -2.34. The molecule has 2 aromatic carbocycles. The van der Waals surface area contributed by atoms with Crippen molar-refractivity contribution in [1.29, 1.82) is 0 Å². The summed E-state index contributed by atoms with van der Waals surface area (Å²) >= 11 is 4.03. The van der Waals surface area contributed by atoms with Crippen LogP contribution in [0.2, 0.25) is 0 Å². The highest BCUT2D eigenvalue weighted by Crippen LogP contribution is 2.58. The molecular weight excluding hydrogens is 435 g/mol. The molecule has 0 aromatic heterocycles. The molecule has 2 aromatic rings. The smallest absolute Gasteiger partial charge is 0.191 e. The molecule has 7 heteroatoms. The summed E-state index contributed by atoms with van der Waals surface area (Å²) in [5.74, 6) is 0. The lowest BCUT2D eigenvalue weighted by molar-refractivity contribution is -0.195. The van der Waals surface area contributed by atoms with E-state index in [-0.39, 0.29) is 0 Å². The van der Waals surface area contributed by atoms with Crippen LogP contribution in [0.5, 0.6) is 0 Å². The van der Waals surface area contributed by atoms with Crippen LogP contribution in [-0.2, 0) is 4.32 Å². The minimum atomic E-state index is -5.19. The second kappa shape index (κ2) is 5.92. The van der Waals surface area contributed by atoms with Crippen LogP contribution in [0.3, 0.4) is 0 Å². The lowest BCUT2D eigenvalue weighted by Crippen LogP contribution is -2.48. The van der Waals surface area contributed by atoms with E-state index >= 15 is 0 Å². The molecule has 0 fully saturated rings. The van der Waals surface area contributed by atoms with Crippen LogP contribution in [0, 0.1) is 0 Å². The Labute approximate surface area is 140 Å². The number of hydrogen-bond donors (Lipinski definition) is 0. The molecule has 0 spiro atoms. The Bertz CT molecular complexity index is 616. The molecule has 0 nitrogen and oxygen atoms in total. The normalized spacial score (nSPS) is 15.4. The van der Waals surface area contributed by atoms with Gasteiger partial charge in [0, 0.05) is 0 Å². The van der Waals surface area contributed by atoms with Gasteiger partial charge in [-0.25, -0.2) is 0 Å². The fourth-order valence-corrected chi connectivity index (χ4v) is 2.73. The van der Waals surface area contributed by atoms with Crippen molar-refractivity contribution in [3.8, 4) is 11.1 Å². The second-order valence-corrected chi connectivity index (χ2v) is 6.78. The van der Waals surface area contributed by atoms with E-state index in [2.05, 4.69) is 15.9 Å². The Morgan fingerprint density at radius 3 is 1.50 bits per heavy atom. The van der Waals surface area contributed by atoms with Gasteiger partial charge in [-0.1, -0.05) is 70.5 Å². The predicted molar refractivity (Wildman–Crippen MR) is 82.4 cm³/mol. The minimum absolute atomic E-state index is 0.582. The number of hydrogen-bond acceptors (Lipinski definition) is 0. The maximum absolute atomic E-state index is 13.5. The molecular formula is C15H9Br2F5. The first-order chi connectivity index (χ1) is 10.1. The summed E-state index contributed by atoms with van der Waals surface area (Å²) in [5, 5.41) is 0. The topological polar surface area (TPSA) is 0 Å². The Morgan fingerprint density at radius 1 is 0.636 bits per heavy atom. The number of benzene rings is 2. The van der Waals surface area contributed by atoms with Gasteiger partial charge in [-0.2, -0.15) is 22.0 Å². The molecule has 0 aliphatic carbocycles. The van der Waals surface area contributed by atoms with Crippen molar-refractivity contribution in [3.63, 3.8) is 0 Å². The quantitative estimate of drug-likeness (QED) is 0.375. The maximum atomic E-state index is 13.5. The van der Waals surface area contributed by atoms with E-state index in [1.807, 2.05) is 15.9 Å². The third-order valence-electron chi connectivity index (χ3n) is 3.17. The Morgan fingerprint density at radius 2 is 1.09 bits per heavy atom. The molecule has 0 aliphatic heterocycles. The highest BCUT2D eigenvalue weighted by Gasteiger charge is 2.68. The van der Waals surface area contributed by atoms with E-state index in [1.165, 1.54) is 12.1 Å². The fourth-order valence-electron chi connectivity index (χ4n) is 2.01. The van der Waals surface area contributed by atoms with E-state index in [4.69, 9.17) is 0 Å². The lowest BCUT2D eigenvalue weighted by atomic mass is 9.95. The Hall–Kier alpha value is -0.950. The summed E-state index contributed by atoms with van der Waals surface area (Å²) in [6.07, 6.45) is -5.19. The average Bonchev–Trinajstić information content (AvgIpc) is 2.45. The molecule has 1 atom stereocenters. The molecule has 0 bridgehead atoms. The molecule has 0 saturated heterocycles. The van der Waals surface area contributed by atoms with Gasteiger partial charge in [0.15, 0.2) is 0 Å². The van der Waals surface area contributed by atoms with Crippen molar-refractivity contribution >= 4 is 31.9 Å². The SMILES string of the molecule is FC(F)(F)C(Br)(c1ccc(-c2ccccc2)cc1)C(F)(F)Br. The Balaban J connectivity index is 2.48. The zero-order valence-electron chi connectivity index (χ0n) is 10.8. The summed E-state index contributed by atoms with van der Waals surface area (Å²) in [6.45, 7) is 0. The summed E-state index contributed by atoms with van der Waals surface area (Å²) in [4.78, 5) is -4.20. The first kappa shape index (κ1) is 17.4. The van der Waals surface area contributed by atoms with Crippen molar-refractivity contribution in [3.05, 3.63) is 60.2 Å². The molecule has 1 unspecified atom stereocenters. The fraction of sp³-hybridized carbons (Fsp3) is 0.200. The van der Waals surface area contributed by atoms with Crippen molar-refractivity contribution < 1.29 is 22.0 Å². The molecule has 2 rings (SSSR count). The van der Waals surface area contributed by atoms with Gasteiger partial charge >= 0.3 is 11.0 Å². The monoisotopic (exact) mass is 442 g/mol. The van der Waals surface area contributed by atoms with Crippen LogP contribution in [0.1, 0.15) is 5.56 Å². The minimum Gasteiger partial charge on any atom is -0.191 e. The number of rotatable bonds is 3. The standard InChI is InChI=1S/C15H9Br2F5/c16-13(14(17,18)19,15(20,21)22)12-8-6-11(7-9-12)10-4-2-1-3-5-10/h1-9H. The van der Waals surface area contributed by atoms with Crippen LogP contribution < -0.4 is 0 Å². The van der Waals surface area contributed by atoms with E-state index in [9.17, 15) is 22.0 Å². The van der Waals surface area contributed by atoms with Gasteiger partial charge in [-0.3, -0.25) is 0 Å². The van der Waals surface area contributed by atoms with Crippen LogP contribution in [-0.4, -0.2) is 11.0 Å².